The van der Waals surface area contributed by atoms with Crippen LogP contribution in [-0.4, -0.2) is 13.4 Å². The van der Waals surface area contributed by atoms with Crippen molar-refractivity contribution in [3.63, 3.8) is 0 Å². The minimum Gasteiger partial charge on any atom is -0.231 e. The first-order chi connectivity index (χ1) is 5.71. The largest absolute Gasteiger partial charge is 0.427 e. The van der Waals surface area contributed by atoms with Crippen molar-refractivity contribution >= 4 is 21.6 Å². The Balaban J connectivity index is 3.16. The number of thiazole rings is 1. The minimum absolute atomic E-state index is 0.252. The lowest BCUT2D eigenvalue weighted by Crippen LogP contribution is -2.00. The fourth-order valence-corrected chi connectivity index (χ4v) is 1.86. The zero-order valence-corrected chi connectivity index (χ0v) is 7.30. The van der Waals surface area contributed by atoms with Gasteiger partial charge in [0.05, 0.1) is 6.20 Å². The molecule has 0 saturated carbocycles. The van der Waals surface area contributed by atoms with Crippen molar-refractivity contribution in [3.05, 3.63) is 11.1 Å². The van der Waals surface area contributed by atoms with E-state index in [1.807, 2.05) is 0 Å². The van der Waals surface area contributed by atoms with Gasteiger partial charge in [-0.15, -0.1) is 0 Å². The Morgan fingerprint density at radius 3 is 2.15 bits per heavy atom. The van der Waals surface area contributed by atoms with Crippen molar-refractivity contribution in [2.24, 2.45) is 0 Å². The summed E-state index contributed by atoms with van der Waals surface area (Å²) in [4.78, 5) is 1.54. The number of nitrogens with zero attached hydrogens (tertiary/aromatic N) is 1. The summed E-state index contributed by atoms with van der Waals surface area (Å²) < 4.78 is 66.6. The number of hydrogen-bond acceptors (Lipinski definition) is 4. The van der Waals surface area contributed by atoms with Crippen LogP contribution in [0.5, 0.6) is 0 Å². The van der Waals surface area contributed by atoms with Gasteiger partial charge in [-0.05, 0) is 0 Å². The average molecular weight is 235 g/mol. The van der Waals surface area contributed by atoms with E-state index in [2.05, 4.69) is 4.98 Å². The lowest BCUT2D eigenvalue weighted by atomic mass is 10.5. The fourth-order valence-electron chi connectivity index (χ4n) is 0.502. The normalized spacial score (nSPS) is 13.2. The third-order valence-corrected chi connectivity index (χ3v) is 3.18. The van der Waals surface area contributed by atoms with E-state index in [1.54, 1.807) is 0 Å². The molecule has 0 fully saturated rings. The van der Waals surface area contributed by atoms with Gasteiger partial charge in [-0.1, -0.05) is 15.2 Å². The molecule has 1 rings (SSSR count). The molecule has 0 spiro atoms. The number of aromatic nitrogens is 1. The van der Waals surface area contributed by atoms with Crippen molar-refractivity contribution < 1.29 is 25.5 Å². The summed E-state index contributed by atoms with van der Waals surface area (Å²) in [6.45, 7) is 0. The van der Waals surface area contributed by atoms with Crippen LogP contribution in [0.3, 0.4) is 0 Å². The third-order valence-electron chi connectivity index (χ3n) is 0.972. The Morgan fingerprint density at radius 2 is 1.92 bits per heavy atom. The maximum atomic E-state index is 12.1. The Kier molecular flexibility index (Phi) is 2.32. The standard InChI is InChI=1S/C4HF4NO2S2/c5-4(6,7)2-1-9-3(12-2)13(8,10)11/h1H. The van der Waals surface area contributed by atoms with Gasteiger partial charge in [0, 0.05) is 0 Å². The van der Waals surface area contributed by atoms with E-state index >= 15 is 0 Å². The Bertz CT molecular complexity index is 406. The first kappa shape index (κ1) is 10.4. The zero-order valence-electron chi connectivity index (χ0n) is 5.67. The van der Waals surface area contributed by atoms with Crippen LogP contribution in [0.1, 0.15) is 4.88 Å². The lowest BCUT2D eigenvalue weighted by Gasteiger charge is -1.98. The molecule has 0 aliphatic rings. The van der Waals surface area contributed by atoms with Gasteiger partial charge in [0.15, 0.2) is 0 Å². The molecule has 9 heteroatoms. The minimum atomic E-state index is -5.13. The molecule has 0 saturated heterocycles. The molecule has 0 bridgehead atoms. The highest BCUT2D eigenvalue weighted by molar-refractivity contribution is 7.88. The summed E-state index contributed by atoms with van der Waals surface area (Å²) >= 11 is -0.252. The topological polar surface area (TPSA) is 47.0 Å². The number of hydrogen-bond donors (Lipinski definition) is 0. The molecule has 1 aromatic heterocycles. The van der Waals surface area contributed by atoms with E-state index in [1.165, 1.54) is 0 Å². The zero-order chi connectivity index (χ0) is 10.3. The molecule has 3 nitrogen and oxygen atoms in total. The van der Waals surface area contributed by atoms with Crippen LogP contribution in [0, 0.1) is 0 Å². The van der Waals surface area contributed by atoms with Crippen molar-refractivity contribution in [2.45, 2.75) is 10.5 Å². The van der Waals surface area contributed by atoms with Crippen LogP contribution in [0.25, 0.3) is 0 Å². The van der Waals surface area contributed by atoms with Gasteiger partial charge in [0.25, 0.3) is 0 Å². The van der Waals surface area contributed by atoms with E-state index < -0.39 is 25.6 Å². The number of rotatable bonds is 1. The van der Waals surface area contributed by atoms with Crippen LogP contribution in [-0.2, 0) is 16.4 Å². The highest BCUT2D eigenvalue weighted by Crippen LogP contribution is 2.34. The molecule has 1 aromatic rings. The highest BCUT2D eigenvalue weighted by Gasteiger charge is 2.35. The molecule has 0 radical (unpaired) electrons. The quantitative estimate of drug-likeness (QED) is 0.551. The summed E-state index contributed by atoms with van der Waals surface area (Å²) in [7, 11) is -5.13. The molecule has 0 aliphatic carbocycles. The SMILES string of the molecule is O=S(=O)(F)c1ncc(C(F)(F)F)s1. The van der Waals surface area contributed by atoms with E-state index in [9.17, 15) is 25.5 Å². The maximum absolute atomic E-state index is 12.1. The lowest BCUT2D eigenvalue weighted by molar-refractivity contribution is -0.134. The molecule has 0 amide bonds. The van der Waals surface area contributed by atoms with Gasteiger partial charge in [0.1, 0.15) is 4.88 Å². The van der Waals surface area contributed by atoms with Crippen LogP contribution < -0.4 is 0 Å². The molecule has 74 valence electrons. The van der Waals surface area contributed by atoms with Gasteiger partial charge in [-0.2, -0.15) is 21.6 Å². The first-order valence-corrected chi connectivity index (χ1v) is 4.89. The molecule has 0 aromatic carbocycles. The van der Waals surface area contributed by atoms with Crippen LogP contribution >= 0.6 is 11.3 Å². The van der Waals surface area contributed by atoms with E-state index in [-0.39, 0.29) is 17.5 Å². The summed E-state index contributed by atoms with van der Waals surface area (Å²) in [5.41, 5.74) is 0. The number of alkyl halides is 3. The molecule has 13 heavy (non-hydrogen) atoms. The molecule has 0 aliphatic heterocycles. The molecule has 1 heterocycles. The Hall–Kier alpha value is -0.700. The van der Waals surface area contributed by atoms with Crippen LogP contribution in [0.4, 0.5) is 17.1 Å². The monoisotopic (exact) mass is 235 g/mol. The van der Waals surface area contributed by atoms with E-state index in [0.29, 0.717) is 0 Å². The van der Waals surface area contributed by atoms with E-state index in [4.69, 9.17) is 0 Å². The van der Waals surface area contributed by atoms with Crippen molar-refractivity contribution in [1.29, 1.82) is 0 Å². The second kappa shape index (κ2) is 2.91. The third kappa shape index (κ3) is 2.37. The number of halogens is 4. The summed E-state index contributed by atoms with van der Waals surface area (Å²) in [6.07, 6.45) is -4.42. The molecular formula is C4HF4NO2S2. The smallest absolute Gasteiger partial charge is 0.231 e. The van der Waals surface area contributed by atoms with E-state index in [0.717, 1.165) is 0 Å². The predicted octanol–water partition coefficient (Wildman–Crippen LogP) is 1.82. The maximum Gasteiger partial charge on any atom is 0.427 e. The Labute approximate surface area is 74.2 Å². The van der Waals surface area contributed by atoms with Gasteiger partial charge in [0.2, 0.25) is 4.34 Å². The van der Waals surface area contributed by atoms with Crippen molar-refractivity contribution in [3.8, 4) is 0 Å². The Morgan fingerprint density at radius 1 is 1.38 bits per heavy atom. The van der Waals surface area contributed by atoms with Crippen molar-refractivity contribution in [1.82, 2.24) is 4.98 Å². The first-order valence-electron chi connectivity index (χ1n) is 2.69. The molecule has 0 atom stereocenters. The average Bonchev–Trinajstić information content (AvgIpc) is 2.28. The molecule has 0 unspecified atom stereocenters. The summed E-state index contributed by atoms with van der Waals surface area (Å²) in [6, 6.07) is 0. The predicted molar refractivity (Wildman–Crippen MR) is 35.4 cm³/mol. The van der Waals surface area contributed by atoms with Crippen LogP contribution in [0.15, 0.2) is 10.5 Å². The fraction of sp³-hybridized carbons (Fsp3) is 0.250. The van der Waals surface area contributed by atoms with Crippen LogP contribution in [0.2, 0.25) is 0 Å². The van der Waals surface area contributed by atoms with Gasteiger partial charge >= 0.3 is 16.4 Å². The van der Waals surface area contributed by atoms with Gasteiger partial charge < -0.3 is 0 Å². The molecular weight excluding hydrogens is 234 g/mol. The van der Waals surface area contributed by atoms with Crippen molar-refractivity contribution in [2.75, 3.05) is 0 Å². The summed E-state index contributed by atoms with van der Waals surface area (Å²) in [5.74, 6) is 0. The molecule has 0 N–H and O–H groups in total. The van der Waals surface area contributed by atoms with Gasteiger partial charge in [-0.25, -0.2) is 4.98 Å². The highest BCUT2D eigenvalue weighted by atomic mass is 32.3. The second-order valence-corrected chi connectivity index (χ2v) is 4.48. The van der Waals surface area contributed by atoms with Gasteiger partial charge in [-0.3, -0.25) is 0 Å². The summed E-state index contributed by atoms with van der Waals surface area (Å²) in [5, 5.41) is 0. The second-order valence-electron chi connectivity index (χ2n) is 1.93.